The number of carbonyl (C=O) groups excluding carboxylic acids is 1. The molecular formula is C29H24Cl2N4O5S. The number of ketones is 1. The van der Waals surface area contributed by atoms with Crippen LogP contribution in [-0.4, -0.2) is 25.1 Å². The Morgan fingerprint density at radius 1 is 1.00 bits per heavy atom. The maximum atomic E-state index is 13.6. The third-order valence-corrected chi connectivity index (χ3v) is 8.82. The molecule has 5 N–H and O–H groups in total. The number of halogens is 2. The molecule has 3 aliphatic rings. The number of anilines is 1. The number of sulfonamides is 1. The van der Waals surface area contributed by atoms with E-state index in [-0.39, 0.29) is 22.3 Å². The van der Waals surface area contributed by atoms with Gasteiger partial charge in [-0.15, -0.1) is 0 Å². The summed E-state index contributed by atoms with van der Waals surface area (Å²) in [6.07, 6.45) is 0.586. The number of rotatable bonds is 4. The van der Waals surface area contributed by atoms with E-state index in [0.29, 0.717) is 68.8 Å². The second-order valence-corrected chi connectivity index (χ2v) is 12.3. The molecule has 3 aromatic rings. The van der Waals surface area contributed by atoms with Gasteiger partial charge in [-0.3, -0.25) is 9.69 Å². The molecule has 0 fully saturated rings. The van der Waals surface area contributed by atoms with Gasteiger partial charge >= 0.3 is 0 Å². The van der Waals surface area contributed by atoms with Gasteiger partial charge in [-0.1, -0.05) is 41.4 Å². The van der Waals surface area contributed by atoms with Crippen LogP contribution in [0.3, 0.4) is 0 Å². The molecule has 0 saturated heterocycles. The van der Waals surface area contributed by atoms with Crippen LogP contribution in [0.4, 0.5) is 5.69 Å². The van der Waals surface area contributed by atoms with Crippen molar-refractivity contribution in [2.45, 2.75) is 36.3 Å². The van der Waals surface area contributed by atoms with Crippen molar-refractivity contribution in [1.82, 2.24) is 0 Å². The Hall–Kier alpha value is -3.83. The lowest BCUT2D eigenvalue weighted by Crippen LogP contribution is -2.45. The third kappa shape index (κ3) is 4.87. The Kier molecular flexibility index (Phi) is 6.82. The number of allylic oxidation sites excluding steroid dienone is 2. The monoisotopic (exact) mass is 610 g/mol. The van der Waals surface area contributed by atoms with E-state index in [0.717, 1.165) is 0 Å². The average molecular weight is 612 g/mol. The molecule has 2 unspecified atom stereocenters. The maximum Gasteiger partial charge on any atom is 0.238 e. The second kappa shape index (κ2) is 10.2. The lowest BCUT2D eigenvalue weighted by atomic mass is 9.74. The number of aromatic hydroxyl groups is 1. The van der Waals surface area contributed by atoms with Gasteiger partial charge in [-0.05, 0) is 66.9 Å². The molecular weight excluding hydrogens is 587 g/mol. The number of Topliss-reactive ketones (excluding diaryl/α,β-unsaturated/α-hetero) is 1. The molecule has 2 heterocycles. The molecule has 0 radical (unpaired) electrons. The van der Waals surface area contributed by atoms with Gasteiger partial charge in [0.25, 0.3) is 0 Å². The number of nitrogens with zero attached hydrogens (tertiary/aromatic N) is 2. The van der Waals surface area contributed by atoms with Crippen molar-refractivity contribution >= 4 is 50.5 Å². The largest absolute Gasteiger partial charge is 0.508 e. The number of fused-ring (bicyclic) bond motifs is 1. The van der Waals surface area contributed by atoms with Gasteiger partial charge in [-0.2, -0.15) is 0 Å². The summed E-state index contributed by atoms with van der Waals surface area (Å²) in [6, 6.07) is 17.6. The molecule has 2 aliphatic heterocycles. The first-order valence-corrected chi connectivity index (χ1v) is 15.0. The molecule has 6 rings (SSSR count). The molecule has 41 heavy (non-hydrogen) atoms. The molecule has 3 aromatic carbocycles. The molecule has 0 spiro atoms. The minimum Gasteiger partial charge on any atom is -0.508 e. The minimum atomic E-state index is -3.93. The Morgan fingerprint density at radius 2 is 1.76 bits per heavy atom. The van der Waals surface area contributed by atoms with Crippen molar-refractivity contribution in [3.63, 3.8) is 0 Å². The van der Waals surface area contributed by atoms with Crippen LogP contribution >= 0.6 is 23.2 Å². The summed E-state index contributed by atoms with van der Waals surface area (Å²) >= 11 is 12.9. The highest BCUT2D eigenvalue weighted by atomic mass is 35.5. The quantitative estimate of drug-likeness (QED) is 0.365. The van der Waals surface area contributed by atoms with E-state index < -0.39 is 22.2 Å². The first-order valence-electron chi connectivity index (χ1n) is 12.7. The summed E-state index contributed by atoms with van der Waals surface area (Å²) in [5, 5.41) is 16.2. The average Bonchev–Trinajstić information content (AvgIpc) is 2.92. The number of nitrogens with two attached hydrogens (primary N) is 2. The lowest BCUT2D eigenvalue weighted by Gasteiger charge is -2.44. The zero-order chi connectivity index (χ0) is 29.1. The van der Waals surface area contributed by atoms with Gasteiger partial charge in [0.2, 0.25) is 16.3 Å². The Bertz CT molecular complexity index is 1800. The Labute approximate surface area is 246 Å². The first kappa shape index (κ1) is 27.3. The van der Waals surface area contributed by atoms with E-state index >= 15 is 0 Å². The van der Waals surface area contributed by atoms with E-state index in [1.54, 1.807) is 42.5 Å². The van der Waals surface area contributed by atoms with E-state index in [1.165, 1.54) is 24.3 Å². The fraction of sp³-hybridized carbons (Fsp3) is 0.172. The zero-order valence-electron chi connectivity index (χ0n) is 21.4. The first-order chi connectivity index (χ1) is 19.5. The molecule has 1 aliphatic carbocycles. The van der Waals surface area contributed by atoms with E-state index in [2.05, 4.69) is 0 Å². The molecule has 12 heteroatoms. The van der Waals surface area contributed by atoms with E-state index in [4.69, 9.17) is 43.8 Å². The summed E-state index contributed by atoms with van der Waals surface area (Å²) in [7, 11) is -3.93. The van der Waals surface area contributed by atoms with Gasteiger partial charge in [0, 0.05) is 44.9 Å². The van der Waals surface area contributed by atoms with Crippen molar-refractivity contribution in [1.29, 1.82) is 0 Å². The normalized spacial score (nSPS) is 20.8. The van der Waals surface area contributed by atoms with Gasteiger partial charge < -0.3 is 15.6 Å². The fourth-order valence-corrected chi connectivity index (χ4v) is 6.59. The van der Waals surface area contributed by atoms with Crippen LogP contribution in [0, 0.1) is 0 Å². The van der Waals surface area contributed by atoms with Crippen molar-refractivity contribution in [2.24, 2.45) is 15.9 Å². The van der Waals surface area contributed by atoms with Crippen LogP contribution in [0.1, 0.15) is 42.5 Å². The van der Waals surface area contributed by atoms with Crippen LogP contribution in [0.25, 0.3) is 0 Å². The summed E-state index contributed by atoms with van der Waals surface area (Å²) in [5.41, 5.74) is 10.0. The molecule has 0 amide bonds. The summed E-state index contributed by atoms with van der Waals surface area (Å²) in [5.74, 6) is -0.271. The Morgan fingerprint density at radius 3 is 2.44 bits per heavy atom. The van der Waals surface area contributed by atoms with Crippen LogP contribution in [0.2, 0.25) is 10.0 Å². The third-order valence-electron chi connectivity index (χ3n) is 7.32. The number of phenols is 1. The van der Waals surface area contributed by atoms with Crippen molar-refractivity contribution < 1.29 is 23.1 Å². The lowest BCUT2D eigenvalue weighted by molar-refractivity contribution is -0.116. The number of hydrogen-bond acceptors (Lipinski definition) is 8. The van der Waals surface area contributed by atoms with Crippen LogP contribution in [-0.2, 0) is 19.6 Å². The highest BCUT2D eigenvalue weighted by molar-refractivity contribution is 7.89. The fourth-order valence-electron chi connectivity index (χ4n) is 5.56. The zero-order valence-corrected chi connectivity index (χ0v) is 23.7. The van der Waals surface area contributed by atoms with Crippen molar-refractivity contribution in [3.05, 3.63) is 111 Å². The summed E-state index contributed by atoms with van der Waals surface area (Å²) in [6.45, 7) is 0. The molecule has 2 atom stereocenters. The van der Waals surface area contributed by atoms with Crippen LogP contribution in [0.15, 0.2) is 99.3 Å². The number of amidine groups is 1. The van der Waals surface area contributed by atoms with E-state index in [1.807, 2.05) is 4.90 Å². The van der Waals surface area contributed by atoms with Crippen molar-refractivity contribution in [3.8, 4) is 5.75 Å². The smallest absolute Gasteiger partial charge is 0.238 e. The van der Waals surface area contributed by atoms with Gasteiger partial charge in [0.1, 0.15) is 11.6 Å². The standard InChI is InChI=1S/C29H24Cl2N4O5S/c30-16-7-12-20(21(31)14-16)24-25-22(5-2-6-23(25)37)35(17-8-10-19(11-9-17)41(33,38)39)28-26(24)27(32)40-29(34-28)15-3-1-4-18(36)13-15/h1,3-4,7-14,24,29,36H,2,5-6,32H2,(H2,33,38,39). The van der Waals surface area contributed by atoms with Gasteiger partial charge in [0.05, 0.1) is 10.5 Å². The van der Waals surface area contributed by atoms with E-state index in [9.17, 15) is 18.3 Å². The maximum absolute atomic E-state index is 13.6. The molecule has 9 nitrogen and oxygen atoms in total. The highest BCUT2D eigenvalue weighted by Crippen LogP contribution is 2.50. The molecule has 210 valence electrons. The number of aliphatic imine (C=N–C) groups is 1. The van der Waals surface area contributed by atoms with Crippen molar-refractivity contribution in [2.75, 3.05) is 4.90 Å². The molecule has 0 aromatic heterocycles. The topological polar surface area (TPSA) is 148 Å². The molecule has 0 bridgehead atoms. The van der Waals surface area contributed by atoms with Crippen LogP contribution in [0.5, 0.6) is 5.75 Å². The summed E-state index contributed by atoms with van der Waals surface area (Å²) < 4.78 is 30.0. The second-order valence-electron chi connectivity index (χ2n) is 9.91. The minimum absolute atomic E-state index is 0.0347. The summed E-state index contributed by atoms with van der Waals surface area (Å²) in [4.78, 5) is 20.3. The predicted molar refractivity (Wildman–Crippen MR) is 156 cm³/mol. The molecule has 0 saturated carbocycles. The number of benzene rings is 3. The number of hydrogen-bond donors (Lipinski definition) is 3. The Balaban J connectivity index is 1.63. The SMILES string of the molecule is NC1=C2C(=NC(c3cccc(O)c3)O1)N(c1ccc(S(N)(=O)=O)cc1)C1=C(C(=O)CCC1)C2c1ccc(Cl)cc1Cl. The van der Waals surface area contributed by atoms with Crippen LogP contribution < -0.4 is 15.8 Å². The number of phenolic OH excluding ortho intramolecular Hbond substituents is 1. The number of carbonyl (C=O) groups is 1. The predicted octanol–water partition coefficient (Wildman–Crippen LogP) is 5.26. The van der Waals surface area contributed by atoms with Gasteiger partial charge in [-0.25, -0.2) is 18.5 Å². The number of primary sulfonamides is 1. The highest BCUT2D eigenvalue weighted by Gasteiger charge is 2.46. The number of ether oxygens (including phenoxy) is 1. The van der Waals surface area contributed by atoms with Gasteiger partial charge in [0.15, 0.2) is 11.7 Å².